The molecule has 4 heterocycles. The summed E-state index contributed by atoms with van der Waals surface area (Å²) in [5, 5.41) is 3.11. The van der Waals surface area contributed by atoms with Crippen molar-refractivity contribution < 1.29 is 4.42 Å². The van der Waals surface area contributed by atoms with Crippen molar-refractivity contribution in [2.24, 2.45) is 0 Å². The largest absolute Gasteiger partial charge is 0.456 e. The van der Waals surface area contributed by atoms with Gasteiger partial charge in [-0.1, -0.05) is 115 Å². The van der Waals surface area contributed by atoms with E-state index in [4.69, 9.17) is 29.3 Å². The lowest BCUT2D eigenvalue weighted by Gasteiger charge is -2.08. The number of aromatic nitrogens is 5. The maximum atomic E-state index is 6.44. The monoisotopic (exact) mass is 659 g/mol. The van der Waals surface area contributed by atoms with Crippen molar-refractivity contribution in [3.05, 3.63) is 152 Å². The van der Waals surface area contributed by atoms with Gasteiger partial charge in [0.1, 0.15) is 11.2 Å². The summed E-state index contributed by atoms with van der Waals surface area (Å²) in [6, 6.07) is 51.1. The Morgan fingerprint density at radius 3 is 1.64 bits per heavy atom. The quantitative estimate of drug-likeness (QED) is 0.183. The minimum absolute atomic E-state index is 0.601. The van der Waals surface area contributed by atoms with Crippen molar-refractivity contribution >= 4 is 53.6 Å². The molecule has 4 aromatic heterocycles. The van der Waals surface area contributed by atoms with Crippen LogP contribution in [0.5, 0.6) is 0 Å². The van der Waals surface area contributed by atoms with Gasteiger partial charge in [0.15, 0.2) is 23.3 Å². The third kappa shape index (κ3) is 4.83. The molecule has 0 aliphatic rings. The van der Waals surface area contributed by atoms with Crippen molar-refractivity contribution in [1.82, 2.24) is 24.9 Å². The summed E-state index contributed by atoms with van der Waals surface area (Å²) in [6.07, 6.45) is 0. The zero-order chi connectivity index (χ0) is 33.0. The lowest BCUT2D eigenvalue weighted by atomic mass is 10.1. The van der Waals surface area contributed by atoms with Crippen LogP contribution >= 0.6 is 11.3 Å². The number of benzene rings is 6. The second-order valence-electron chi connectivity index (χ2n) is 12.1. The standard InChI is InChI=1S/C43H25N5OS/c1-4-12-26(13-5-1)37-39-38(32-18-10-11-19-36(32)50-39)45-42(44-37)30-20-22-31-33-24-29(21-23-34(33)49-35(31)25-30)43-47-40(27-14-6-2-7-15-27)46-41(48-43)28-16-8-3-9-17-28/h1-25H. The molecule has 0 amide bonds. The third-order valence-electron chi connectivity index (χ3n) is 8.95. The summed E-state index contributed by atoms with van der Waals surface area (Å²) in [6.45, 7) is 0. The Morgan fingerprint density at radius 2 is 0.940 bits per heavy atom. The SMILES string of the molecule is c1ccc(-c2nc(-c3ccccc3)nc(-c3ccc4oc5cc(-c6nc(-c7ccccc7)c7sc8ccccc8c7n6)ccc5c4c3)n2)cc1. The molecule has 0 N–H and O–H groups in total. The summed E-state index contributed by atoms with van der Waals surface area (Å²) >= 11 is 1.73. The van der Waals surface area contributed by atoms with E-state index in [9.17, 15) is 0 Å². The molecule has 0 unspecified atom stereocenters. The Hall–Kier alpha value is -6.57. The van der Waals surface area contributed by atoms with Crippen molar-refractivity contribution in [2.75, 3.05) is 0 Å². The van der Waals surface area contributed by atoms with E-state index in [1.165, 1.54) is 4.70 Å². The van der Waals surface area contributed by atoms with Gasteiger partial charge in [0, 0.05) is 48.7 Å². The Morgan fingerprint density at radius 1 is 0.380 bits per heavy atom. The number of furan rings is 1. The Labute approximate surface area is 290 Å². The van der Waals surface area contributed by atoms with Crippen LogP contribution in [0.25, 0.3) is 99.1 Å². The molecule has 0 atom stereocenters. The first-order valence-electron chi connectivity index (χ1n) is 16.3. The molecule has 0 saturated carbocycles. The molecule has 10 rings (SSSR count). The van der Waals surface area contributed by atoms with Crippen molar-refractivity contribution in [3.8, 4) is 56.8 Å². The van der Waals surface area contributed by atoms with Gasteiger partial charge in [-0.05, 0) is 36.4 Å². The van der Waals surface area contributed by atoms with E-state index in [1.54, 1.807) is 11.3 Å². The average Bonchev–Trinajstić information content (AvgIpc) is 3.76. The zero-order valence-corrected chi connectivity index (χ0v) is 27.3. The van der Waals surface area contributed by atoms with Crippen molar-refractivity contribution in [2.45, 2.75) is 0 Å². The van der Waals surface area contributed by atoms with Gasteiger partial charge < -0.3 is 4.42 Å². The van der Waals surface area contributed by atoms with E-state index in [0.717, 1.165) is 71.1 Å². The average molecular weight is 660 g/mol. The molecule has 0 fully saturated rings. The lowest BCUT2D eigenvalue weighted by Crippen LogP contribution is -2.00. The number of rotatable bonds is 5. The minimum atomic E-state index is 0.601. The van der Waals surface area contributed by atoms with Crippen LogP contribution < -0.4 is 0 Å². The predicted molar refractivity (Wildman–Crippen MR) is 203 cm³/mol. The van der Waals surface area contributed by atoms with E-state index in [1.807, 2.05) is 97.1 Å². The molecule has 0 spiro atoms. The van der Waals surface area contributed by atoms with Crippen molar-refractivity contribution in [3.63, 3.8) is 0 Å². The molecular formula is C43H25N5OS. The molecule has 7 heteroatoms. The molecule has 0 radical (unpaired) electrons. The Balaban J connectivity index is 1.11. The van der Waals surface area contributed by atoms with Gasteiger partial charge in [-0.2, -0.15) is 0 Å². The van der Waals surface area contributed by atoms with Crippen LogP contribution in [0.15, 0.2) is 156 Å². The molecule has 50 heavy (non-hydrogen) atoms. The van der Waals surface area contributed by atoms with Crippen LogP contribution in [-0.4, -0.2) is 24.9 Å². The van der Waals surface area contributed by atoms with Crippen LogP contribution in [0.3, 0.4) is 0 Å². The number of hydrogen-bond acceptors (Lipinski definition) is 7. The summed E-state index contributed by atoms with van der Waals surface area (Å²) in [7, 11) is 0. The zero-order valence-electron chi connectivity index (χ0n) is 26.5. The van der Waals surface area contributed by atoms with Gasteiger partial charge in [-0.15, -0.1) is 11.3 Å². The van der Waals surface area contributed by atoms with Gasteiger partial charge in [0.25, 0.3) is 0 Å². The normalized spacial score (nSPS) is 11.6. The van der Waals surface area contributed by atoms with E-state index in [-0.39, 0.29) is 0 Å². The van der Waals surface area contributed by atoms with E-state index in [2.05, 4.69) is 54.6 Å². The molecular weight excluding hydrogens is 635 g/mol. The second-order valence-corrected chi connectivity index (χ2v) is 13.2. The maximum Gasteiger partial charge on any atom is 0.164 e. The molecule has 6 aromatic carbocycles. The molecule has 0 bridgehead atoms. The highest BCUT2D eigenvalue weighted by atomic mass is 32.1. The van der Waals surface area contributed by atoms with Gasteiger partial charge >= 0.3 is 0 Å². The van der Waals surface area contributed by atoms with Gasteiger partial charge in [-0.25, -0.2) is 24.9 Å². The lowest BCUT2D eigenvalue weighted by molar-refractivity contribution is 0.669. The predicted octanol–water partition coefficient (Wildman–Crippen LogP) is 11.3. The van der Waals surface area contributed by atoms with E-state index < -0.39 is 0 Å². The first kappa shape index (κ1) is 28.4. The molecule has 10 aromatic rings. The number of fused-ring (bicyclic) bond motifs is 6. The van der Waals surface area contributed by atoms with Crippen LogP contribution in [0.4, 0.5) is 0 Å². The molecule has 6 nitrogen and oxygen atoms in total. The Kier molecular flexibility index (Phi) is 6.57. The first-order valence-corrected chi connectivity index (χ1v) is 17.2. The molecule has 0 aliphatic carbocycles. The van der Waals surface area contributed by atoms with Crippen LogP contribution in [0.2, 0.25) is 0 Å². The van der Waals surface area contributed by atoms with Crippen LogP contribution in [0, 0.1) is 0 Å². The minimum Gasteiger partial charge on any atom is -0.456 e. The van der Waals surface area contributed by atoms with Crippen LogP contribution in [0.1, 0.15) is 0 Å². The van der Waals surface area contributed by atoms with Crippen LogP contribution in [-0.2, 0) is 0 Å². The van der Waals surface area contributed by atoms with Crippen molar-refractivity contribution in [1.29, 1.82) is 0 Å². The summed E-state index contributed by atoms with van der Waals surface area (Å²) in [5.41, 5.74) is 8.15. The molecule has 234 valence electrons. The van der Waals surface area contributed by atoms with E-state index in [0.29, 0.717) is 23.3 Å². The van der Waals surface area contributed by atoms with E-state index >= 15 is 0 Å². The third-order valence-corrected chi connectivity index (χ3v) is 10.1. The Bertz CT molecular complexity index is 2810. The highest BCUT2D eigenvalue weighted by molar-refractivity contribution is 7.26. The fourth-order valence-corrected chi connectivity index (χ4v) is 7.66. The summed E-state index contributed by atoms with van der Waals surface area (Å²) in [4.78, 5) is 25.0. The molecule has 0 saturated heterocycles. The smallest absolute Gasteiger partial charge is 0.164 e. The van der Waals surface area contributed by atoms with Gasteiger partial charge in [0.2, 0.25) is 0 Å². The number of nitrogens with zero attached hydrogens (tertiary/aromatic N) is 5. The number of hydrogen-bond donors (Lipinski definition) is 0. The van der Waals surface area contributed by atoms with Gasteiger partial charge in [0.05, 0.1) is 15.9 Å². The second kappa shape index (κ2) is 11.5. The fraction of sp³-hybridized carbons (Fsp3) is 0. The summed E-state index contributed by atoms with van der Waals surface area (Å²) in [5.74, 6) is 2.52. The summed E-state index contributed by atoms with van der Waals surface area (Å²) < 4.78 is 8.72. The highest BCUT2D eigenvalue weighted by Crippen LogP contribution is 2.40. The topological polar surface area (TPSA) is 77.6 Å². The fourth-order valence-electron chi connectivity index (χ4n) is 6.50. The number of thiophene rings is 1. The first-order chi connectivity index (χ1) is 24.7. The maximum absolute atomic E-state index is 6.44. The molecule has 0 aliphatic heterocycles. The van der Waals surface area contributed by atoms with Gasteiger partial charge in [-0.3, -0.25) is 0 Å². The highest BCUT2D eigenvalue weighted by Gasteiger charge is 2.18.